The van der Waals surface area contributed by atoms with Gasteiger partial charge < -0.3 is 15.5 Å². The second-order valence-electron chi connectivity index (χ2n) is 6.53. The molecule has 0 atom stereocenters. The smallest absolute Gasteiger partial charge is 0.315 e. The van der Waals surface area contributed by atoms with Crippen molar-refractivity contribution < 1.29 is 9.59 Å². The highest BCUT2D eigenvalue weighted by Gasteiger charge is 2.42. The van der Waals surface area contributed by atoms with E-state index in [-0.39, 0.29) is 11.9 Å². The summed E-state index contributed by atoms with van der Waals surface area (Å²) < 4.78 is 0. The first-order chi connectivity index (χ1) is 10.9. The zero-order chi connectivity index (χ0) is 16.9. The molecule has 0 aromatic carbocycles. The van der Waals surface area contributed by atoms with Crippen molar-refractivity contribution in [2.75, 3.05) is 20.6 Å². The summed E-state index contributed by atoms with van der Waals surface area (Å²) in [5.74, 6) is 0.109. The molecule has 2 rings (SSSR count). The van der Waals surface area contributed by atoms with E-state index < -0.39 is 5.41 Å². The first-order valence-corrected chi connectivity index (χ1v) is 8.08. The number of carbonyl (C=O) groups is 2. The van der Waals surface area contributed by atoms with Crippen LogP contribution >= 0.6 is 0 Å². The van der Waals surface area contributed by atoms with Gasteiger partial charge in [0.25, 0.3) is 0 Å². The highest BCUT2D eigenvalue weighted by atomic mass is 16.2. The SMILES string of the molecule is Cc1ccc(CNC(=O)NCC2(C(=O)N(C)C)CCCC2)cn1. The van der Waals surface area contributed by atoms with E-state index in [1.165, 1.54) is 0 Å². The van der Waals surface area contributed by atoms with Crippen LogP contribution in [0.2, 0.25) is 0 Å². The van der Waals surface area contributed by atoms with Crippen molar-refractivity contribution in [3.63, 3.8) is 0 Å². The number of carbonyl (C=O) groups excluding carboxylic acids is 2. The number of urea groups is 1. The molecule has 1 aromatic rings. The second kappa shape index (κ2) is 7.44. The number of amides is 3. The minimum absolute atomic E-state index is 0.109. The van der Waals surface area contributed by atoms with Gasteiger partial charge in [-0.3, -0.25) is 9.78 Å². The maximum Gasteiger partial charge on any atom is 0.315 e. The molecule has 126 valence electrons. The summed E-state index contributed by atoms with van der Waals surface area (Å²) in [6, 6.07) is 3.61. The van der Waals surface area contributed by atoms with Crippen molar-refractivity contribution in [3.05, 3.63) is 29.6 Å². The van der Waals surface area contributed by atoms with Gasteiger partial charge in [-0.1, -0.05) is 18.9 Å². The van der Waals surface area contributed by atoms with E-state index in [0.29, 0.717) is 13.1 Å². The van der Waals surface area contributed by atoms with Gasteiger partial charge in [0, 0.05) is 39.1 Å². The van der Waals surface area contributed by atoms with Gasteiger partial charge in [0.1, 0.15) is 0 Å². The van der Waals surface area contributed by atoms with Gasteiger partial charge in [-0.05, 0) is 31.4 Å². The lowest BCUT2D eigenvalue weighted by molar-refractivity contribution is -0.138. The van der Waals surface area contributed by atoms with E-state index in [9.17, 15) is 9.59 Å². The van der Waals surface area contributed by atoms with Crippen LogP contribution in [0, 0.1) is 12.3 Å². The molecule has 1 heterocycles. The standard InChI is InChI=1S/C17H26N4O2/c1-13-6-7-14(10-18-13)11-19-16(23)20-12-17(8-4-5-9-17)15(22)21(2)3/h6-7,10H,4-5,8-9,11-12H2,1-3H3,(H2,19,20,23). The Morgan fingerprint density at radius 3 is 2.48 bits per heavy atom. The largest absolute Gasteiger partial charge is 0.348 e. The minimum Gasteiger partial charge on any atom is -0.348 e. The van der Waals surface area contributed by atoms with E-state index in [1.54, 1.807) is 25.2 Å². The quantitative estimate of drug-likeness (QED) is 0.870. The summed E-state index contributed by atoms with van der Waals surface area (Å²) in [4.78, 5) is 30.3. The molecule has 1 aliphatic rings. The van der Waals surface area contributed by atoms with Gasteiger partial charge in [0.15, 0.2) is 0 Å². The van der Waals surface area contributed by atoms with Crippen molar-refractivity contribution in [1.82, 2.24) is 20.5 Å². The highest BCUT2D eigenvalue weighted by Crippen LogP contribution is 2.38. The molecule has 0 aliphatic heterocycles. The Bertz CT molecular complexity index is 548. The van der Waals surface area contributed by atoms with E-state index in [2.05, 4.69) is 15.6 Å². The fraction of sp³-hybridized carbons (Fsp3) is 0.588. The van der Waals surface area contributed by atoms with Gasteiger partial charge in [-0.25, -0.2) is 4.79 Å². The van der Waals surface area contributed by atoms with Crippen molar-refractivity contribution in [1.29, 1.82) is 0 Å². The zero-order valence-corrected chi connectivity index (χ0v) is 14.2. The van der Waals surface area contributed by atoms with Crippen LogP contribution in [0.4, 0.5) is 4.79 Å². The number of aryl methyl sites for hydroxylation is 1. The van der Waals surface area contributed by atoms with Crippen LogP contribution in [-0.2, 0) is 11.3 Å². The highest BCUT2D eigenvalue weighted by molar-refractivity contribution is 5.84. The molecule has 1 aromatic heterocycles. The van der Waals surface area contributed by atoms with Crippen LogP contribution in [0.5, 0.6) is 0 Å². The van der Waals surface area contributed by atoms with Crippen LogP contribution in [0.15, 0.2) is 18.3 Å². The molecule has 0 saturated heterocycles. The first-order valence-electron chi connectivity index (χ1n) is 8.08. The first kappa shape index (κ1) is 17.2. The molecule has 23 heavy (non-hydrogen) atoms. The van der Waals surface area contributed by atoms with Crippen LogP contribution in [0.25, 0.3) is 0 Å². The van der Waals surface area contributed by atoms with Gasteiger partial charge in [0.2, 0.25) is 5.91 Å². The molecule has 0 spiro atoms. The summed E-state index contributed by atoms with van der Waals surface area (Å²) in [5.41, 5.74) is 1.46. The normalized spacial score (nSPS) is 16.0. The fourth-order valence-electron chi connectivity index (χ4n) is 3.09. The summed E-state index contributed by atoms with van der Waals surface area (Å²) in [6.07, 6.45) is 5.51. The monoisotopic (exact) mass is 318 g/mol. The van der Waals surface area contributed by atoms with Gasteiger partial charge >= 0.3 is 6.03 Å². The third-order valence-corrected chi connectivity index (χ3v) is 4.43. The number of hydrogen-bond donors (Lipinski definition) is 2. The predicted molar refractivity (Wildman–Crippen MR) is 88.8 cm³/mol. The maximum absolute atomic E-state index is 12.4. The third-order valence-electron chi connectivity index (χ3n) is 4.43. The van der Waals surface area contributed by atoms with E-state index in [0.717, 1.165) is 36.9 Å². The summed E-state index contributed by atoms with van der Waals surface area (Å²) in [7, 11) is 3.54. The van der Waals surface area contributed by atoms with E-state index in [4.69, 9.17) is 0 Å². The number of pyridine rings is 1. The Hall–Kier alpha value is -2.11. The molecule has 1 saturated carbocycles. The maximum atomic E-state index is 12.4. The van der Waals surface area contributed by atoms with Gasteiger partial charge in [-0.2, -0.15) is 0 Å². The van der Waals surface area contributed by atoms with Gasteiger partial charge in [0.05, 0.1) is 5.41 Å². The molecular weight excluding hydrogens is 292 g/mol. The summed E-state index contributed by atoms with van der Waals surface area (Å²) in [6.45, 7) is 2.74. The number of hydrogen-bond acceptors (Lipinski definition) is 3. The fourth-order valence-corrected chi connectivity index (χ4v) is 3.09. The zero-order valence-electron chi connectivity index (χ0n) is 14.2. The van der Waals surface area contributed by atoms with Crippen LogP contribution < -0.4 is 10.6 Å². The Morgan fingerprint density at radius 1 is 1.22 bits per heavy atom. The molecule has 1 aliphatic carbocycles. The van der Waals surface area contributed by atoms with E-state index >= 15 is 0 Å². The molecule has 0 bridgehead atoms. The average molecular weight is 318 g/mol. The molecule has 6 nitrogen and oxygen atoms in total. The summed E-state index contributed by atoms with van der Waals surface area (Å²) >= 11 is 0. The van der Waals surface area contributed by atoms with E-state index in [1.807, 2.05) is 19.1 Å². The molecule has 3 amide bonds. The van der Waals surface area contributed by atoms with Crippen molar-refractivity contribution >= 4 is 11.9 Å². The molecule has 2 N–H and O–H groups in total. The Labute approximate surface area is 137 Å². The second-order valence-corrected chi connectivity index (χ2v) is 6.53. The Morgan fingerprint density at radius 2 is 1.91 bits per heavy atom. The average Bonchev–Trinajstić information content (AvgIpc) is 3.01. The molecule has 0 radical (unpaired) electrons. The topological polar surface area (TPSA) is 74.3 Å². The number of nitrogens with zero attached hydrogens (tertiary/aromatic N) is 2. The van der Waals surface area contributed by atoms with Crippen LogP contribution in [0.1, 0.15) is 36.9 Å². The van der Waals surface area contributed by atoms with Crippen molar-refractivity contribution in [3.8, 4) is 0 Å². The molecule has 0 unspecified atom stereocenters. The Kier molecular flexibility index (Phi) is 5.58. The van der Waals surface area contributed by atoms with Crippen molar-refractivity contribution in [2.24, 2.45) is 5.41 Å². The number of aromatic nitrogens is 1. The minimum atomic E-state index is -0.438. The van der Waals surface area contributed by atoms with Crippen LogP contribution in [-0.4, -0.2) is 42.5 Å². The lowest BCUT2D eigenvalue weighted by Gasteiger charge is -2.30. The Balaban J connectivity index is 1.84. The molecule has 6 heteroatoms. The number of nitrogens with one attached hydrogen (secondary N) is 2. The lowest BCUT2D eigenvalue weighted by atomic mass is 9.84. The molecule has 1 fully saturated rings. The van der Waals surface area contributed by atoms with Crippen LogP contribution in [0.3, 0.4) is 0 Å². The van der Waals surface area contributed by atoms with Crippen molar-refractivity contribution in [2.45, 2.75) is 39.2 Å². The van der Waals surface area contributed by atoms with Gasteiger partial charge in [-0.15, -0.1) is 0 Å². The lowest BCUT2D eigenvalue weighted by Crippen LogP contribution is -2.48. The summed E-state index contributed by atoms with van der Waals surface area (Å²) in [5, 5.41) is 5.68. The third kappa shape index (κ3) is 4.43. The number of rotatable bonds is 5. The molecular formula is C17H26N4O2. The predicted octanol–water partition coefficient (Wildman–Crippen LogP) is 1.84.